The topological polar surface area (TPSA) is 69.6 Å². The summed E-state index contributed by atoms with van der Waals surface area (Å²) in [5.41, 5.74) is 0.287. The lowest BCUT2D eigenvalue weighted by Crippen LogP contribution is -2.61. The summed E-state index contributed by atoms with van der Waals surface area (Å²) in [5.74, 6) is -1.41. The lowest BCUT2D eigenvalue weighted by atomic mass is 9.77. The summed E-state index contributed by atoms with van der Waals surface area (Å²) < 4.78 is 13.3. The number of anilines is 1. The van der Waals surface area contributed by atoms with Gasteiger partial charge in [0.05, 0.1) is 5.69 Å². The minimum atomic E-state index is -1.15. The number of carbonyl (C=O) groups is 2. The molecule has 6 heteroatoms. The molecule has 1 aliphatic carbocycles. The third-order valence-corrected chi connectivity index (χ3v) is 4.15. The van der Waals surface area contributed by atoms with Crippen LogP contribution in [-0.4, -0.2) is 29.2 Å². The Hall–Kier alpha value is -2.11. The fourth-order valence-corrected chi connectivity index (χ4v) is 2.76. The van der Waals surface area contributed by atoms with Gasteiger partial charge in [0.25, 0.3) is 0 Å². The number of carboxylic acid groups (broad SMARTS) is 1. The molecule has 1 saturated carbocycles. The third-order valence-electron chi connectivity index (χ3n) is 4.15. The number of amides is 2. The van der Waals surface area contributed by atoms with Crippen LogP contribution in [0.15, 0.2) is 18.2 Å². The van der Waals surface area contributed by atoms with Gasteiger partial charge in [-0.3, -0.25) is 4.90 Å². The summed E-state index contributed by atoms with van der Waals surface area (Å²) in [6, 6.07) is 3.88. The molecule has 0 bridgehead atoms. The van der Waals surface area contributed by atoms with Crippen LogP contribution in [0.5, 0.6) is 0 Å². The van der Waals surface area contributed by atoms with E-state index in [0.717, 1.165) is 12.0 Å². The Morgan fingerprint density at radius 2 is 2.10 bits per heavy atom. The van der Waals surface area contributed by atoms with Gasteiger partial charge in [-0.2, -0.15) is 0 Å². The van der Waals surface area contributed by atoms with Crippen molar-refractivity contribution in [3.8, 4) is 0 Å². The molecule has 0 radical (unpaired) electrons. The summed E-state index contributed by atoms with van der Waals surface area (Å²) in [7, 11) is 0. The summed E-state index contributed by atoms with van der Waals surface area (Å²) in [5, 5.41) is 11.8. The van der Waals surface area contributed by atoms with Gasteiger partial charge in [-0.25, -0.2) is 14.0 Å². The van der Waals surface area contributed by atoms with Crippen LogP contribution in [0.2, 0.25) is 0 Å². The standard InChI is InChI=1S/C14H15FN2O3/c15-10-3-2-9-4-7-17(11(9)8-10)13(20)16-14(12(18)19)5-1-6-14/h2-3,8H,1,4-7H2,(H,16,20)(H,18,19). The van der Waals surface area contributed by atoms with E-state index >= 15 is 0 Å². The fourth-order valence-electron chi connectivity index (χ4n) is 2.76. The number of rotatable bonds is 2. The Balaban J connectivity index is 1.80. The number of hydrogen-bond donors (Lipinski definition) is 2. The zero-order valence-corrected chi connectivity index (χ0v) is 10.9. The second kappa shape index (κ2) is 4.47. The summed E-state index contributed by atoms with van der Waals surface area (Å²) >= 11 is 0. The first kappa shape index (κ1) is 12.9. The third kappa shape index (κ3) is 1.92. The van der Waals surface area contributed by atoms with E-state index in [0.29, 0.717) is 31.5 Å². The van der Waals surface area contributed by atoms with E-state index in [1.54, 1.807) is 6.07 Å². The number of nitrogens with zero attached hydrogens (tertiary/aromatic N) is 1. The number of carbonyl (C=O) groups excluding carboxylic acids is 1. The molecule has 1 heterocycles. The predicted molar refractivity (Wildman–Crippen MR) is 70.2 cm³/mol. The number of urea groups is 1. The highest BCUT2D eigenvalue weighted by atomic mass is 19.1. The maximum atomic E-state index is 13.3. The van der Waals surface area contributed by atoms with Crippen molar-refractivity contribution in [2.75, 3.05) is 11.4 Å². The molecule has 1 aliphatic heterocycles. The minimum absolute atomic E-state index is 0.403. The second-order valence-corrected chi connectivity index (χ2v) is 5.35. The number of aliphatic carboxylic acids is 1. The molecule has 20 heavy (non-hydrogen) atoms. The van der Waals surface area contributed by atoms with E-state index in [1.807, 2.05) is 0 Å². The fraction of sp³-hybridized carbons (Fsp3) is 0.429. The first-order valence-electron chi connectivity index (χ1n) is 6.63. The molecule has 106 valence electrons. The number of benzene rings is 1. The predicted octanol–water partition coefficient (Wildman–Crippen LogP) is 1.91. The van der Waals surface area contributed by atoms with Crippen LogP contribution in [0.1, 0.15) is 24.8 Å². The molecule has 2 amide bonds. The lowest BCUT2D eigenvalue weighted by Gasteiger charge is -2.39. The first-order valence-corrected chi connectivity index (χ1v) is 6.63. The Kier molecular flexibility index (Phi) is 2.88. The van der Waals surface area contributed by atoms with Crippen molar-refractivity contribution in [2.45, 2.75) is 31.2 Å². The highest BCUT2D eigenvalue weighted by Gasteiger charge is 2.46. The lowest BCUT2D eigenvalue weighted by molar-refractivity contribution is -0.148. The average molecular weight is 278 g/mol. The molecule has 0 aromatic heterocycles. The van der Waals surface area contributed by atoms with Crippen molar-refractivity contribution in [1.82, 2.24) is 5.32 Å². The number of halogens is 1. The van der Waals surface area contributed by atoms with Gasteiger partial charge in [0.2, 0.25) is 0 Å². The van der Waals surface area contributed by atoms with Gasteiger partial charge in [0.1, 0.15) is 11.4 Å². The minimum Gasteiger partial charge on any atom is -0.480 e. The smallest absolute Gasteiger partial charge is 0.329 e. The average Bonchev–Trinajstić information content (AvgIpc) is 2.76. The van der Waals surface area contributed by atoms with Crippen molar-refractivity contribution in [2.24, 2.45) is 0 Å². The van der Waals surface area contributed by atoms with Gasteiger partial charge in [-0.05, 0) is 43.4 Å². The van der Waals surface area contributed by atoms with Crippen LogP contribution in [0, 0.1) is 5.82 Å². The maximum Gasteiger partial charge on any atom is 0.329 e. The van der Waals surface area contributed by atoms with E-state index in [9.17, 15) is 19.1 Å². The van der Waals surface area contributed by atoms with E-state index in [-0.39, 0.29) is 0 Å². The Morgan fingerprint density at radius 3 is 2.70 bits per heavy atom. The van der Waals surface area contributed by atoms with Crippen molar-refractivity contribution < 1.29 is 19.1 Å². The molecule has 2 N–H and O–H groups in total. The van der Waals surface area contributed by atoms with E-state index < -0.39 is 23.4 Å². The molecule has 1 fully saturated rings. The molecule has 5 nitrogen and oxygen atoms in total. The Morgan fingerprint density at radius 1 is 1.35 bits per heavy atom. The Bertz CT molecular complexity index is 584. The molecule has 1 aromatic carbocycles. The van der Waals surface area contributed by atoms with Gasteiger partial charge >= 0.3 is 12.0 Å². The molecule has 0 saturated heterocycles. The SMILES string of the molecule is O=C(NC1(C(=O)O)CCC1)N1CCc2ccc(F)cc21. The van der Waals surface area contributed by atoms with Crippen molar-refractivity contribution in [3.63, 3.8) is 0 Å². The van der Waals surface area contributed by atoms with Gasteiger partial charge in [0, 0.05) is 6.54 Å². The number of fused-ring (bicyclic) bond motifs is 1. The molecule has 2 aliphatic rings. The number of carboxylic acids is 1. The zero-order valence-electron chi connectivity index (χ0n) is 10.9. The quantitative estimate of drug-likeness (QED) is 0.868. The van der Waals surface area contributed by atoms with Gasteiger partial charge in [-0.1, -0.05) is 6.07 Å². The van der Waals surface area contributed by atoms with E-state index in [2.05, 4.69) is 5.32 Å². The number of nitrogens with one attached hydrogen (secondary N) is 1. The van der Waals surface area contributed by atoms with Crippen LogP contribution in [0.3, 0.4) is 0 Å². The molecular formula is C14H15FN2O3. The van der Waals surface area contributed by atoms with Crippen molar-refractivity contribution in [1.29, 1.82) is 0 Å². The molecule has 0 unspecified atom stereocenters. The van der Waals surface area contributed by atoms with Crippen LogP contribution in [0.4, 0.5) is 14.9 Å². The van der Waals surface area contributed by atoms with Crippen LogP contribution >= 0.6 is 0 Å². The van der Waals surface area contributed by atoms with Gasteiger partial charge < -0.3 is 10.4 Å². The van der Waals surface area contributed by atoms with Gasteiger partial charge in [-0.15, -0.1) is 0 Å². The summed E-state index contributed by atoms with van der Waals surface area (Å²) in [6.07, 6.45) is 2.33. The van der Waals surface area contributed by atoms with Crippen LogP contribution in [-0.2, 0) is 11.2 Å². The van der Waals surface area contributed by atoms with Crippen LogP contribution in [0.25, 0.3) is 0 Å². The number of hydrogen-bond acceptors (Lipinski definition) is 2. The Labute approximate surface area is 115 Å². The summed E-state index contributed by atoms with van der Waals surface area (Å²) in [6.45, 7) is 0.445. The zero-order chi connectivity index (χ0) is 14.3. The normalized spacial score (nSPS) is 19.1. The van der Waals surface area contributed by atoms with Gasteiger partial charge in [0.15, 0.2) is 0 Å². The van der Waals surface area contributed by atoms with Crippen molar-refractivity contribution >= 4 is 17.7 Å². The monoisotopic (exact) mass is 278 g/mol. The summed E-state index contributed by atoms with van der Waals surface area (Å²) in [4.78, 5) is 24.9. The van der Waals surface area contributed by atoms with Crippen LogP contribution < -0.4 is 10.2 Å². The highest BCUT2D eigenvalue weighted by Crippen LogP contribution is 2.34. The largest absolute Gasteiger partial charge is 0.480 e. The van der Waals surface area contributed by atoms with E-state index in [4.69, 9.17) is 0 Å². The van der Waals surface area contributed by atoms with Crippen molar-refractivity contribution in [3.05, 3.63) is 29.6 Å². The van der Waals surface area contributed by atoms with E-state index in [1.165, 1.54) is 17.0 Å². The molecule has 0 spiro atoms. The molecule has 0 atom stereocenters. The maximum absolute atomic E-state index is 13.3. The molecule has 1 aromatic rings. The molecule has 3 rings (SSSR count). The first-order chi connectivity index (χ1) is 9.52. The highest BCUT2D eigenvalue weighted by molar-refractivity contribution is 5.97. The second-order valence-electron chi connectivity index (χ2n) is 5.35. The molecular weight excluding hydrogens is 263 g/mol.